The predicted molar refractivity (Wildman–Crippen MR) is 95.6 cm³/mol. The molecule has 0 rings (SSSR count). The van der Waals surface area contributed by atoms with Crippen molar-refractivity contribution in [1.29, 1.82) is 0 Å². The van der Waals surface area contributed by atoms with Crippen molar-refractivity contribution in [2.24, 2.45) is 0 Å². The lowest BCUT2D eigenvalue weighted by Gasteiger charge is -2.19. The van der Waals surface area contributed by atoms with Crippen LogP contribution < -0.4 is 0 Å². The molecule has 0 saturated carbocycles. The van der Waals surface area contributed by atoms with Crippen molar-refractivity contribution in [2.75, 3.05) is 0 Å². The molecule has 0 aromatic carbocycles. The van der Waals surface area contributed by atoms with E-state index in [4.69, 9.17) is 0 Å². The Balaban J connectivity index is 4.53. The Kier molecular flexibility index (Phi) is 9.41. The van der Waals surface area contributed by atoms with Crippen LogP contribution in [-0.4, -0.2) is 21.4 Å². The van der Waals surface area contributed by atoms with Gasteiger partial charge in [0.1, 0.15) is 11.2 Å². The van der Waals surface area contributed by atoms with Crippen LogP contribution in [0.1, 0.15) is 80.1 Å². The molecule has 0 aromatic heterocycles. The highest BCUT2D eigenvalue weighted by Crippen LogP contribution is 2.17. The minimum Gasteiger partial charge on any atom is -0.378 e. The summed E-state index contributed by atoms with van der Waals surface area (Å²) in [6, 6.07) is 0. The molecule has 0 spiro atoms. The first-order valence-corrected chi connectivity index (χ1v) is 8.42. The van der Waals surface area contributed by atoms with Gasteiger partial charge in [0.25, 0.3) is 0 Å². The molecule has 0 fully saturated rings. The van der Waals surface area contributed by atoms with Crippen LogP contribution in [-0.2, 0) is 0 Å². The monoisotopic (exact) mass is 306 g/mol. The van der Waals surface area contributed by atoms with Crippen molar-refractivity contribution in [3.63, 3.8) is 0 Å². The molecule has 2 unspecified atom stereocenters. The van der Waals surface area contributed by atoms with E-state index in [2.05, 4.69) is 51.7 Å². The highest BCUT2D eigenvalue weighted by atomic mass is 16.3. The summed E-state index contributed by atoms with van der Waals surface area (Å²) in [6.07, 6.45) is 9.15. The van der Waals surface area contributed by atoms with Gasteiger partial charge in [-0.15, -0.1) is 0 Å². The molecule has 0 aliphatic carbocycles. The highest BCUT2D eigenvalue weighted by molar-refractivity contribution is 5.20. The summed E-state index contributed by atoms with van der Waals surface area (Å²) < 4.78 is 0. The molecular weight excluding hydrogens is 272 g/mol. The van der Waals surface area contributed by atoms with Gasteiger partial charge in [-0.1, -0.05) is 49.0 Å². The van der Waals surface area contributed by atoms with Crippen molar-refractivity contribution in [3.05, 3.63) is 23.3 Å². The van der Waals surface area contributed by atoms with E-state index in [1.165, 1.54) is 11.1 Å². The van der Waals surface area contributed by atoms with Gasteiger partial charge in [0.05, 0.1) is 0 Å². The second-order valence-electron chi connectivity index (χ2n) is 6.68. The Bertz CT molecular complexity index is 402. The quantitative estimate of drug-likeness (QED) is 0.501. The molecule has 0 radical (unpaired) electrons. The standard InChI is InChI=1S/C20H34O2/c1-7-17(3)11-9-13-19(5,21)15-16-20(6,22)14-10-12-18(4)8-2/h11-12,21-22H,7-10,13-14H2,1-6H3. The van der Waals surface area contributed by atoms with Crippen molar-refractivity contribution in [2.45, 2.75) is 91.3 Å². The van der Waals surface area contributed by atoms with Gasteiger partial charge in [-0.25, -0.2) is 0 Å². The number of hydrogen-bond acceptors (Lipinski definition) is 2. The SMILES string of the molecule is CCC(C)=CCCC(C)(O)C#CC(C)(O)CCC=C(C)CC. The average molecular weight is 306 g/mol. The van der Waals surface area contributed by atoms with Gasteiger partial charge in [0.2, 0.25) is 0 Å². The summed E-state index contributed by atoms with van der Waals surface area (Å²) >= 11 is 0. The highest BCUT2D eigenvalue weighted by Gasteiger charge is 2.20. The van der Waals surface area contributed by atoms with Gasteiger partial charge in [0.15, 0.2) is 0 Å². The molecule has 0 aromatic rings. The van der Waals surface area contributed by atoms with Gasteiger partial charge in [0, 0.05) is 0 Å². The third-order valence-electron chi connectivity index (χ3n) is 3.96. The third-order valence-corrected chi connectivity index (χ3v) is 3.96. The molecule has 0 bridgehead atoms. The molecule has 0 amide bonds. The molecule has 2 atom stereocenters. The van der Waals surface area contributed by atoms with Crippen LogP contribution in [0.3, 0.4) is 0 Å². The Labute approximate surface area is 137 Å². The summed E-state index contributed by atoms with van der Waals surface area (Å²) in [7, 11) is 0. The first kappa shape index (κ1) is 21.0. The minimum atomic E-state index is -1.05. The molecule has 2 heteroatoms. The van der Waals surface area contributed by atoms with Crippen molar-refractivity contribution < 1.29 is 10.2 Å². The van der Waals surface area contributed by atoms with Gasteiger partial charge in [-0.2, -0.15) is 0 Å². The maximum absolute atomic E-state index is 10.3. The maximum Gasteiger partial charge on any atom is 0.123 e. The van der Waals surface area contributed by atoms with Gasteiger partial charge in [-0.05, 0) is 66.2 Å². The Morgan fingerprint density at radius 1 is 0.818 bits per heavy atom. The Morgan fingerprint density at radius 3 is 1.41 bits per heavy atom. The van der Waals surface area contributed by atoms with E-state index in [-0.39, 0.29) is 0 Å². The fourth-order valence-electron chi connectivity index (χ4n) is 1.88. The number of rotatable bonds is 8. The second kappa shape index (κ2) is 9.87. The first-order chi connectivity index (χ1) is 10.1. The molecule has 2 N–H and O–H groups in total. The van der Waals surface area contributed by atoms with Crippen LogP contribution in [0.2, 0.25) is 0 Å². The lowest BCUT2D eigenvalue weighted by Crippen LogP contribution is -2.26. The molecule has 22 heavy (non-hydrogen) atoms. The van der Waals surface area contributed by atoms with Crippen LogP contribution in [0.5, 0.6) is 0 Å². The van der Waals surface area contributed by atoms with Crippen molar-refractivity contribution in [3.8, 4) is 11.8 Å². The third kappa shape index (κ3) is 10.7. The predicted octanol–water partition coefficient (Wildman–Crippen LogP) is 4.76. The molecular formula is C20H34O2. The first-order valence-electron chi connectivity index (χ1n) is 8.42. The van der Waals surface area contributed by atoms with Crippen LogP contribution in [0, 0.1) is 11.8 Å². The molecule has 0 saturated heterocycles. The smallest absolute Gasteiger partial charge is 0.123 e. The Hall–Kier alpha value is -1.04. The number of allylic oxidation sites excluding steroid dienone is 4. The fraction of sp³-hybridized carbons (Fsp3) is 0.700. The largest absolute Gasteiger partial charge is 0.378 e. The normalized spacial score (nSPS) is 18.2. The van der Waals surface area contributed by atoms with E-state index >= 15 is 0 Å². The minimum absolute atomic E-state index is 0.586. The van der Waals surface area contributed by atoms with Crippen LogP contribution in [0.4, 0.5) is 0 Å². The van der Waals surface area contributed by atoms with Crippen LogP contribution >= 0.6 is 0 Å². The van der Waals surface area contributed by atoms with Gasteiger partial charge >= 0.3 is 0 Å². The molecule has 0 aliphatic heterocycles. The zero-order chi connectivity index (χ0) is 17.2. The van der Waals surface area contributed by atoms with Gasteiger partial charge in [-0.3, -0.25) is 0 Å². The molecule has 2 nitrogen and oxygen atoms in total. The number of hydrogen-bond donors (Lipinski definition) is 2. The van der Waals surface area contributed by atoms with E-state index in [1.807, 2.05) is 0 Å². The molecule has 126 valence electrons. The molecule has 0 heterocycles. The van der Waals surface area contributed by atoms with Gasteiger partial charge < -0.3 is 10.2 Å². The maximum atomic E-state index is 10.3. The zero-order valence-electron chi connectivity index (χ0n) is 15.3. The van der Waals surface area contributed by atoms with E-state index < -0.39 is 11.2 Å². The van der Waals surface area contributed by atoms with Crippen LogP contribution in [0.25, 0.3) is 0 Å². The zero-order valence-corrected chi connectivity index (χ0v) is 15.3. The summed E-state index contributed by atoms with van der Waals surface area (Å²) in [5.74, 6) is 5.70. The van der Waals surface area contributed by atoms with E-state index in [1.54, 1.807) is 13.8 Å². The Morgan fingerprint density at radius 2 is 1.14 bits per heavy atom. The number of aliphatic hydroxyl groups is 2. The lowest BCUT2D eigenvalue weighted by atomic mass is 9.95. The van der Waals surface area contributed by atoms with E-state index in [0.717, 1.165) is 25.7 Å². The van der Waals surface area contributed by atoms with E-state index in [9.17, 15) is 10.2 Å². The topological polar surface area (TPSA) is 40.5 Å². The molecule has 0 aliphatic rings. The average Bonchev–Trinajstić information content (AvgIpc) is 2.44. The second-order valence-corrected chi connectivity index (χ2v) is 6.68. The summed E-state index contributed by atoms with van der Waals surface area (Å²) in [5, 5.41) is 20.6. The van der Waals surface area contributed by atoms with Crippen molar-refractivity contribution >= 4 is 0 Å². The van der Waals surface area contributed by atoms with Crippen molar-refractivity contribution in [1.82, 2.24) is 0 Å². The fourth-order valence-corrected chi connectivity index (χ4v) is 1.88. The summed E-state index contributed by atoms with van der Waals surface area (Å²) in [5.41, 5.74) is 0.551. The lowest BCUT2D eigenvalue weighted by molar-refractivity contribution is 0.101. The van der Waals surface area contributed by atoms with E-state index in [0.29, 0.717) is 12.8 Å². The summed E-state index contributed by atoms with van der Waals surface area (Å²) in [6.45, 7) is 11.9. The summed E-state index contributed by atoms with van der Waals surface area (Å²) in [4.78, 5) is 0. The van der Waals surface area contributed by atoms with Crippen LogP contribution in [0.15, 0.2) is 23.3 Å².